The molecule has 2 heterocycles. The van der Waals surface area contributed by atoms with Crippen LogP contribution in [-0.2, 0) is 41.5 Å². The number of benzene rings is 2. The molecule has 0 saturated carbocycles. The Labute approximate surface area is 185 Å². The zero-order valence-electron chi connectivity index (χ0n) is 17.4. The van der Waals surface area contributed by atoms with Crippen LogP contribution in [0.4, 0.5) is 11.4 Å². The molecular weight excluding hydrogens is 412 g/mol. The number of ether oxygens (including phenoxy) is 2. The third kappa shape index (κ3) is 4.69. The predicted molar refractivity (Wildman–Crippen MR) is 116 cm³/mol. The van der Waals surface area contributed by atoms with Gasteiger partial charge < -0.3 is 19.3 Å². The maximum absolute atomic E-state index is 12.3. The van der Waals surface area contributed by atoms with Crippen molar-refractivity contribution in [1.29, 1.82) is 0 Å². The molecule has 2 aromatic rings. The Morgan fingerprint density at radius 2 is 1.09 bits per heavy atom. The number of anilines is 2. The average molecular weight is 434 g/mol. The zero-order valence-corrected chi connectivity index (χ0v) is 17.4. The SMILES string of the molecule is O=C(C=CC(=O)OCC(=O)N1CCc2ccccc21)OCC(=O)N1CCc2ccccc21. The first-order chi connectivity index (χ1) is 15.5. The molecule has 8 heteroatoms. The predicted octanol–water partition coefficient (Wildman–Crippen LogP) is 1.81. The lowest BCUT2D eigenvalue weighted by Gasteiger charge is -2.17. The molecule has 0 N–H and O–H groups in total. The van der Waals surface area contributed by atoms with Crippen molar-refractivity contribution in [3.8, 4) is 0 Å². The second-order valence-electron chi connectivity index (χ2n) is 7.40. The minimum absolute atomic E-state index is 0.337. The molecular formula is C24H22N2O6. The second kappa shape index (κ2) is 9.47. The van der Waals surface area contributed by atoms with E-state index in [-0.39, 0.29) is 11.8 Å². The molecule has 2 aliphatic heterocycles. The van der Waals surface area contributed by atoms with E-state index in [0.29, 0.717) is 13.1 Å². The summed E-state index contributed by atoms with van der Waals surface area (Å²) in [5, 5.41) is 0. The van der Waals surface area contributed by atoms with Crippen molar-refractivity contribution in [3.63, 3.8) is 0 Å². The normalized spacial score (nSPS) is 14.2. The highest BCUT2D eigenvalue weighted by molar-refractivity contribution is 5.99. The van der Waals surface area contributed by atoms with Crippen molar-refractivity contribution >= 4 is 35.1 Å². The van der Waals surface area contributed by atoms with Gasteiger partial charge in [0.25, 0.3) is 11.8 Å². The van der Waals surface area contributed by atoms with Gasteiger partial charge in [0.2, 0.25) is 0 Å². The van der Waals surface area contributed by atoms with Gasteiger partial charge in [-0.1, -0.05) is 36.4 Å². The molecule has 0 radical (unpaired) electrons. The van der Waals surface area contributed by atoms with Crippen LogP contribution < -0.4 is 9.80 Å². The Balaban J connectivity index is 1.20. The second-order valence-corrected chi connectivity index (χ2v) is 7.40. The van der Waals surface area contributed by atoms with Gasteiger partial charge in [0.05, 0.1) is 0 Å². The minimum atomic E-state index is -0.845. The van der Waals surface area contributed by atoms with Gasteiger partial charge in [-0.3, -0.25) is 9.59 Å². The van der Waals surface area contributed by atoms with Crippen LogP contribution in [0.1, 0.15) is 11.1 Å². The number of hydrogen-bond acceptors (Lipinski definition) is 6. The first kappa shape index (κ1) is 21.3. The molecule has 4 rings (SSSR count). The summed E-state index contributed by atoms with van der Waals surface area (Å²) in [6, 6.07) is 15.1. The highest BCUT2D eigenvalue weighted by Gasteiger charge is 2.25. The van der Waals surface area contributed by atoms with Crippen LogP contribution in [0.3, 0.4) is 0 Å². The Bertz CT molecular complexity index is 1010. The van der Waals surface area contributed by atoms with Gasteiger partial charge in [0.1, 0.15) is 0 Å². The Kier molecular flexibility index (Phi) is 6.30. The maximum Gasteiger partial charge on any atom is 0.331 e. The molecule has 0 unspecified atom stereocenters. The summed E-state index contributed by atoms with van der Waals surface area (Å²) in [5.41, 5.74) is 3.78. The van der Waals surface area contributed by atoms with Gasteiger partial charge in [-0.05, 0) is 36.1 Å². The molecule has 0 bridgehead atoms. The van der Waals surface area contributed by atoms with Crippen LogP contribution >= 0.6 is 0 Å². The average Bonchev–Trinajstić information content (AvgIpc) is 3.44. The van der Waals surface area contributed by atoms with E-state index in [1.807, 2.05) is 48.5 Å². The van der Waals surface area contributed by atoms with E-state index >= 15 is 0 Å². The van der Waals surface area contributed by atoms with E-state index in [4.69, 9.17) is 9.47 Å². The third-order valence-electron chi connectivity index (χ3n) is 5.41. The number of fused-ring (bicyclic) bond motifs is 2. The summed E-state index contributed by atoms with van der Waals surface area (Å²) >= 11 is 0. The fourth-order valence-corrected chi connectivity index (χ4v) is 3.85. The summed E-state index contributed by atoms with van der Waals surface area (Å²) in [4.78, 5) is 51.5. The zero-order chi connectivity index (χ0) is 22.5. The van der Waals surface area contributed by atoms with E-state index in [1.165, 1.54) is 0 Å². The molecule has 0 atom stereocenters. The van der Waals surface area contributed by atoms with E-state index in [0.717, 1.165) is 47.5 Å². The highest BCUT2D eigenvalue weighted by atomic mass is 16.5. The van der Waals surface area contributed by atoms with Crippen molar-refractivity contribution in [2.75, 3.05) is 36.1 Å². The molecule has 2 aliphatic rings. The number of esters is 2. The molecule has 8 nitrogen and oxygen atoms in total. The largest absolute Gasteiger partial charge is 0.452 e. The smallest absolute Gasteiger partial charge is 0.331 e. The fourth-order valence-electron chi connectivity index (χ4n) is 3.85. The van der Waals surface area contributed by atoms with Crippen molar-refractivity contribution < 1.29 is 28.7 Å². The molecule has 0 aromatic heterocycles. The fraction of sp³-hybridized carbons (Fsp3) is 0.250. The third-order valence-corrected chi connectivity index (χ3v) is 5.41. The van der Waals surface area contributed by atoms with Gasteiger partial charge >= 0.3 is 11.9 Å². The van der Waals surface area contributed by atoms with Gasteiger partial charge in [0, 0.05) is 36.6 Å². The monoisotopic (exact) mass is 434 g/mol. The Hall–Kier alpha value is -3.94. The van der Waals surface area contributed by atoms with Gasteiger partial charge in [-0.15, -0.1) is 0 Å². The van der Waals surface area contributed by atoms with Crippen LogP contribution in [0.5, 0.6) is 0 Å². The van der Waals surface area contributed by atoms with Crippen molar-refractivity contribution in [2.24, 2.45) is 0 Å². The topological polar surface area (TPSA) is 93.2 Å². The number of hydrogen-bond donors (Lipinski definition) is 0. The minimum Gasteiger partial charge on any atom is -0.452 e. The lowest BCUT2D eigenvalue weighted by Crippen LogP contribution is -2.33. The quantitative estimate of drug-likeness (QED) is 0.509. The first-order valence-electron chi connectivity index (χ1n) is 10.3. The standard InChI is InChI=1S/C24H22N2O6/c27-21(25-13-11-17-5-1-3-7-19(17)25)15-31-23(29)9-10-24(30)32-16-22(28)26-14-12-18-6-2-4-8-20(18)26/h1-10H,11-16H2. The Morgan fingerprint density at radius 3 is 1.53 bits per heavy atom. The number of rotatable bonds is 6. The molecule has 32 heavy (non-hydrogen) atoms. The summed E-state index contributed by atoms with van der Waals surface area (Å²) < 4.78 is 9.86. The van der Waals surface area contributed by atoms with Gasteiger partial charge in [0.15, 0.2) is 13.2 Å². The molecule has 0 fully saturated rings. The van der Waals surface area contributed by atoms with Gasteiger partial charge in [-0.2, -0.15) is 0 Å². The van der Waals surface area contributed by atoms with Crippen molar-refractivity contribution in [3.05, 3.63) is 71.8 Å². The number of carbonyl (C=O) groups is 4. The maximum atomic E-state index is 12.3. The van der Waals surface area contributed by atoms with E-state index < -0.39 is 25.2 Å². The van der Waals surface area contributed by atoms with E-state index in [1.54, 1.807) is 9.80 Å². The summed E-state index contributed by atoms with van der Waals surface area (Å²) in [5.74, 6) is -2.36. The van der Waals surface area contributed by atoms with Crippen molar-refractivity contribution in [2.45, 2.75) is 12.8 Å². The first-order valence-corrected chi connectivity index (χ1v) is 10.3. The van der Waals surface area contributed by atoms with Crippen LogP contribution in [0.25, 0.3) is 0 Å². The van der Waals surface area contributed by atoms with Crippen LogP contribution in [0, 0.1) is 0 Å². The summed E-state index contributed by atoms with van der Waals surface area (Å²) in [7, 11) is 0. The molecule has 164 valence electrons. The van der Waals surface area contributed by atoms with Gasteiger partial charge in [-0.25, -0.2) is 9.59 Å². The van der Waals surface area contributed by atoms with Crippen LogP contribution in [0.15, 0.2) is 60.7 Å². The lowest BCUT2D eigenvalue weighted by atomic mass is 10.2. The lowest BCUT2D eigenvalue weighted by molar-refractivity contribution is -0.144. The molecule has 2 amide bonds. The molecule has 0 spiro atoms. The van der Waals surface area contributed by atoms with Crippen LogP contribution in [-0.4, -0.2) is 50.1 Å². The van der Waals surface area contributed by atoms with E-state index in [9.17, 15) is 19.2 Å². The number of amides is 2. The molecule has 0 saturated heterocycles. The van der Waals surface area contributed by atoms with Crippen LogP contribution in [0.2, 0.25) is 0 Å². The van der Waals surface area contributed by atoms with E-state index in [2.05, 4.69) is 0 Å². The number of nitrogens with zero attached hydrogens (tertiary/aromatic N) is 2. The van der Waals surface area contributed by atoms with Crippen molar-refractivity contribution in [1.82, 2.24) is 0 Å². The highest BCUT2D eigenvalue weighted by Crippen LogP contribution is 2.28. The number of para-hydroxylation sites is 2. The number of carbonyl (C=O) groups excluding carboxylic acids is 4. The summed E-state index contributed by atoms with van der Waals surface area (Å²) in [6.07, 6.45) is 3.26. The Morgan fingerprint density at radius 1 is 0.688 bits per heavy atom. The summed E-state index contributed by atoms with van der Waals surface area (Å²) in [6.45, 7) is 0.208. The molecule has 0 aliphatic carbocycles. The molecule has 2 aromatic carbocycles.